The number of carbonyl (C=O) groups is 1. The van der Waals surface area contributed by atoms with Crippen molar-refractivity contribution < 1.29 is 22.7 Å². The van der Waals surface area contributed by atoms with Crippen molar-refractivity contribution in [3.8, 4) is 5.75 Å². The number of halogens is 3. The largest absolute Gasteiger partial charge is 0.573 e. The van der Waals surface area contributed by atoms with E-state index in [1.807, 2.05) is 24.6 Å². The molecule has 0 spiro atoms. The Kier molecular flexibility index (Phi) is 5.44. The highest BCUT2D eigenvalue weighted by atomic mass is 32.1. The van der Waals surface area contributed by atoms with Gasteiger partial charge < -0.3 is 19.9 Å². The summed E-state index contributed by atoms with van der Waals surface area (Å²) in [4.78, 5) is 21.1. The van der Waals surface area contributed by atoms with Crippen LogP contribution in [0.1, 0.15) is 23.7 Å². The van der Waals surface area contributed by atoms with Gasteiger partial charge in [-0.05, 0) is 36.8 Å². The minimum absolute atomic E-state index is 0.160. The molecule has 0 radical (unpaired) electrons. The van der Waals surface area contributed by atoms with Gasteiger partial charge in [0.15, 0.2) is 5.13 Å². The number of ether oxygens (including phenoxy) is 1. The van der Waals surface area contributed by atoms with E-state index < -0.39 is 6.36 Å². The number of aryl methyl sites for hydroxylation is 1. The van der Waals surface area contributed by atoms with Gasteiger partial charge in [0, 0.05) is 25.2 Å². The van der Waals surface area contributed by atoms with Crippen molar-refractivity contribution in [3.63, 3.8) is 0 Å². The lowest BCUT2D eigenvalue weighted by Crippen LogP contribution is -2.23. The monoisotopic (exact) mass is 449 g/mol. The van der Waals surface area contributed by atoms with Crippen molar-refractivity contribution >= 4 is 49.6 Å². The molecular formula is C20H18F3N5O2S. The zero-order chi connectivity index (χ0) is 22.2. The molecule has 0 aliphatic heterocycles. The quantitative estimate of drug-likeness (QED) is 0.435. The van der Waals surface area contributed by atoms with Gasteiger partial charge in [-0.2, -0.15) is 0 Å². The van der Waals surface area contributed by atoms with E-state index in [9.17, 15) is 18.0 Å². The second-order valence-corrected chi connectivity index (χ2v) is 7.81. The van der Waals surface area contributed by atoms with Gasteiger partial charge in [0.05, 0.1) is 21.3 Å². The Morgan fingerprint density at radius 3 is 2.71 bits per heavy atom. The molecule has 1 amide bonds. The summed E-state index contributed by atoms with van der Waals surface area (Å²) in [6.07, 6.45) is -3.91. The van der Waals surface area contributed by atoms with Crippen molar-refractivity contribution in [1.82, 2.24) is 19.9 Å². The molecule has 4 aromatic rings. The molecule has 0 aliphatic carbocycles. The normalized spacial score (nSPS) is 11.8. The third-order valence-electron chi connectivity index (χ3n) is 4.49. The first-order valence-corrected chi connectivity index (χ1v) is 10.2. The molecule has 0 fully saturated rings. The van der Waals surface area contributed by atoms with E-state index in [0.717, 1.165) is 11.9 Å². The summed E-state index contributed by atoms with van der Waals surface area (Å²) in [6, 6.07) is 9.24. The van der Waals surface area contributed by atoms with Crippen LogP contribution in [-0.2, 0) is 7.05 Å². The Labute approximate surface area is 178 Å². The third-order valence-corrected chi connectivity index (χ3v) is 5.42. The Balaban J connectivity index is 1.59. The second-order valence-electron chi connectivity index (χ2n) is 6.78. The summed E-state index contributed by atoms with van der Waals surface area (Å²) in [7, 11) is 1.82. The van der Waals surface area contributed by atoms with Gasteiger partial charge >= 0.3 is 6.36 Å². The first-order chi connectivity index (χ1) is 14.7. The second kappa shape index (κ2) is 8.06. The van der Waals surface area contributed by atoms with Crippen molar-refractivity contribution in [1.29, 1.82) is 0 Å². The van der Waals surface area contributed by atoms with E-state index in [0.29, 0.717) is 38.9 Å². The molecule has 11 heteroatoms. The summed E-state index contributed by atoms with van der Waals surface area (Å²) in [5, 5.41) is 6.40. The lowest BCUT2D eigenvalue weighted by atomic mass is 10.2. The van der Waals surface area contributed by atoms with Gasteiger partial charge in [-0.25, -0.2) is 9.97 Å². The van der Waals surface area contributed by atoms with Crippen LogP contribution in [-0.4, -0.2) is 33.3 Å². The minimum atomic E-state index is -4.75. The molecule has 2 N–H and O–H groups in total. The smallest absolute Gasteiger partial charge is 0.406 e. The van der Waals surface area contributed by atoms with Gasteiger partial charge in [-0.15, -0.1) is 13.2 Å². The molecule has 2 heterocycles. The molecule has 0 atom stereocenters. The van der Waals surface area contributed by atoms with E-state index in [1.165, 1.54) is 29.5 Å². The topological polar surface area (TPSA) is 81.1 Å². The van der Waals surface area contributed by atoms with Crippen LogP contribution in [0.5, 0.6) is 5.75 Å². The average Bonchev–Trinajstić information content (AvgIpc) is 3.24. The Bertz CT molecular complexity index is 1270. The number of rotatable bonds is 6. The summed E-state index contributed by atoms with van der Waals surface area (Å²) in [5.74, 6) is 0.0331. The molecule has 7 nitrogen and oxygen atoms in total. The van der Waals surface area contributed by atoms with Crippen LogP contribution < -0.4 is 15.4 Å². The summed E-state index contributed by atoms with van der Waals surface area (Å²) >= 11 is 1.18. The number of nitrogens with zero attached hydrogens (tertiary/aromatic N) is 3. The highest BCUT2D eigenvalue weighted by molar-refractivity contribution is 7.22. The fourth-order valence-electron chi connectivity index (χ4n) is 3.04. The van der Waals surface area contributed by atoms with E-state index in [2.05, 4.69) is 25.3 Å². The fourth-order valence-corrected chi connectivity index (χ4v) is 3.93. The zero-order valence-corrected chi connectivity index (χ0v) is 17.4. The van der Waals surface area contributed by atoms with Gasteiger partial charge in [-0.3, -0.25) is 4.79 Å². The zero-order valence-electron chi connectivity index (χ0n) is 16.6. The molecule has 4 rings (SSSR count). The highest BCUT2D eigenvalue weighted by Crippen LogP contribution is 2.33. The number of benzene rings is 2. The molecule has 2 aromatic heterocycles. The number of anilines is 2. The summed E-state index contributed by atoms with van der Waals surface area (Å²) in [6.45, 7) is 2.57. The number of imidazole rings is 1. The van der Waals surface area contributed by atoms with Crippen molar-refractivity contribution in [3.05, 3.63) is 42.0 Å². The maximum absolute atomic E-state index is 12.4. The summed E-state index contributed by atoms with van der Waals surface area (Å²) in [5.41, 5.74) is 2.51. The molecule has 0 saturated heterocycles. The van der Waals surface area contributed by atoms with Crippen LogP contribution in [0.15, 0.2) is 36.4 Å². The molecule has 0 aliphatic rings. The Hall–Kier alpha value is -3.34. The van der Waals surface area contributed by atoms with Crippen molar-refractivity contribution in [2.24, 2.45) is 7.05 Å². The number of nitrogens with one attached hydrogen (secondary N) is 2. The van der Waals surface area contributed by atoms with Crippen LogP contribution in [0, 0.1) is 0 Å². The number of amides is 1. The lowest BCUT2D eigenvalue weighted by molar-refractivity contribution is -0.274. The predicted molar refractivity (Wildman–Crippen MR) is 113 cm³/mol. The van der Waals surface area contributed by atoms with E-state index in [-0.39, 0.29) is 11.7 Å². The van der Waals surface area contributed by atoms with E-state index >= 15 is 0 Å². The van der Waals surface area contributed by atoms with Crippen LogP contribution in [0.4, 0.5) is 24.3 Å². The third kappa shape index (κ3) is 4.55. The number of aromatic nitrogens is 3. The molecule has 31 heavy (non-hydrogen) atoms. The van der Waals surface area contributed by atoms with E-state index in [1.54, 1.807) is 12.1 Å². The number of alkyl halides is 3. The number of fused-ring (bicyclic) bond motifs is 2. The van der Waals surface area contributed by atoms with Crippen LogP contribution in [0.3, 0.4) is 0 Å². The Morgan fingerprint density at radius 2 is 1.97 bits per heavy atom. The molecule has 2 aromatic carbocycles. The van der Waals surface area contributed by atoms with Gasteiger partial charge in [-0.1, -0.05) is 18.3 Å². The molecule has 0 bridgehead atoms. The average molecular weight is 449 g/mol. The predicted octanol–water partition coefficient (Wildman–Crippen LogP) is 4.97. The van der Waals surface area contributed by atoms with E-state index in [4.69, 9.17) is 0 Å². The van der Waals surface area contributed by atoms with Crippen molar-refractivity contribution in [2.45, 2.75) is 19.7 Å². The minimum Gasteiger partial charge on any atom is -0.406 e. The first kappa shape index (κ1) is 20.9. The first-order valence-electron chi connectivity index (χ1n) is 9.41. The van der Waals surface area contributed by atoms with Crippen LogP contribution in [0.25, 0.3) is 21.3 Å². The van der Waals surface area contributed by atoms with Gasteiger partial charge in [0.25, 0.3) is 5.91 Å². The fraction of sp³-hybridized carbons (Fsp3) is 0.250. The summed E-state index contributed by atoms with van der Waals surface area (Å²) < 4.78 is 43.6. The molecule has 0 unspecified atom stereocenters. The SMILES string of the molecule is CCCNC(=O)c1ccc2c(c1)nc(Nc1nc3ccc(OC(F)(F)F)cc3s1)n2C. The standard InChI is InChI=1S/C20H18F3N5O2S/c1-3-8-24-17(29)11-4-7-15-14(9-11)25-18(28(15)2)27-19-26-13-6-5-12(10-16(13)31-19)30-20(21,22)23/h4-7,9-10H,3,8H2,1-2H3,(H,24,29)(H,25,26,27). The number of hydrogen-bond donors (Lipinski definition) is 2. The number of hydrogen-bond acceptors (Lipinski definition) is 6. The van der Waals surface area contributed by atoms with Crippen LogP contribution in [0.2, 0.25) is 0 Å². The van der Waals surface area contributed by atoms with Gasteiger partial charge in [0.1, 0.15) is 5.75 Å². The molecular weight excluding hydrogens is 431 g/mol. The van der Waals surface area contributed by atoms with Gasteiger partial charge in [0.2, 0.25) is 5.95 Å². The lowest BCUT2D eigenvalue weighted by Gasteiger charge is -2.07. The number of thiazole rings is 1. The van der Waals surface area contributed by atoms with Crippen LogP contribution >= 0.6 is 11.3 Å². The maximum Gasteiger partial charge on any atom is 0.573 e. The molecule has 0 saturated carbocycles. The Morgan fingerprint density at radius 1 is 1.16 bits per heavy atom. The van der Waals surface area contributed by atoms with Crippen molar-refractivity contribution in [2.75, 3.05) is 11.9 Å². The highest BCUT2D eigenvalue weighted by Gasteiger charge is 2.31. The molecule has 162 valence electrons. The maximum atomic E-state index is 12.4. The number of carbonyl (C=O) groups excluding carboxylic acids is 1.